The maximum absolute atomic E-state index is 13.4. The molecule has 0 spiro atoms. The van der Waals surface area contributed by atoms with Gasteiger partial charge in [-0.2, -0.15) is 11.8 Å². The van der Waals surface area contributed by atoms with Gasteiger partial charge in [0.2, 0.25) is 17.7 Å². The molecule has 41 heavy (non-hydrogen) atoms. The molecule has 0 fully saturated rings. The number of amides is 3. The lowest BCUT2D eigenvalue weighted by atomic mass is 10.0. The summed E-state index contributed by atoms with van der Waals surface area (Å²) in [5.41, 5.74) is 8.37. The third-order valence-electron chi connectivity index (χ3n) is 6.63. The highest BCUT2D eigenvalue weighted by atomic mass is 32.2. The van der Waals surface area contributed by atoms with Crippen LogP contribution >= 0.6 is 11.8 Å². The van der Waals surface area contributed by atoms with Crippen LogP contribution in [-0.2, 0) is 32.0 Å². The minimum Gasteiger partial charge on any atom is -0.480 e. The van der Waals surface area contributed by atoms with Gasteiger partial charge < -0.3 is 36.8 Å². The van der Waals surface area contributed by atoms with E-state index in [2.05, 4.69) is 30.9 Å². The molecule has 0 radical (unpaired) electrons. The van der Waals surface area contributed by atoms with Crippen LogP contribution in [0.4, 0.5) is 0 Å². The second-order valence-corrected chi connectivity index (χ2v) is 11.4. The van der Waals surface area contributed by atoms with Crippen molar-refractivity contribution in [1.82, 2.24) is 30.9 Å². The van der Waals surface area contributed by atoms with Crippen molar-refractivity contribution < 1.29 is 24.3 Å². The highest BCUT2D eigenvalue weighted by molar-refractivity contribution is 7.98. The summed E-state index contributed by atoms with van der Waals surface area (Å²) in [4.78, 5) is 61.5. The molecule has 222 valence electrons. The van der Waals surface area contributed by atoms with Crippen LogP contribution < -0.4 is 21.7 Å². The number of imidazole rings is 1. The van der Waals surface area contributed by atoms with Crippen LogP contribution in [-0.4, -0.2) is 79.9 Å². The van der Waals surface area contributed by atoms with Gasteiger partial charge in [0.25, 0.3) is 0 Å². The Labute approximate surface area is 243 Å². The number of aromatic amines is 2. The number of aromatic nitrogens is 3. The highest BCUT2D eigenvalue weighted by Gasteiger charge is 2.31. The number of aliphatic carboxylic acids is 1. The van der Waals surface area contributed by atoms with Crippen molar-refractivity contribution in [2.24, 2.45) is 11.7 Å². The second-order valence-electron chi connectivity index (χ2n) is 10.4. The SMILES string of the molecule is CSCCC(NC(=O)C(CC(C)C)NC(=O)C(N)Cc1cnc[nH]1)C(=O)NC(Cc1c[nH]c2ccccc12)C(=O)O. The Morgan fingerprint density at radius 2 is 1.66 bits per heavy atom. The molecule has 0 aliphatic carbocycles. The summed E-state index contributed by atoms with van der Waals surface area (Å²) in [5.74, 6) is -2.23. The molecule has 2 aromatic heterocycles. The first kappa shape index (κ1) is 31.7. The molecule has 3 amide bonds. The molecule has 3 rings (SSSR count). The zero-order valence-electron chi connectivity index (χ0n) is 23.5. The third kappa shape index (κ3) is 9.35. The van der Waals surface area contributed by atoms with Crippen molar-refractivity contribution in [3.63, 3.8) is 0 Å². The fraction of sp³-hybridized carbons (Fsp3) is 0.464. The summed E-state index contributed by atoms with van der Waals surface area (Å²) in [5, 5.41) is 18.8. The fourth-order valence-electron chi connectivity index (χ4n) is 4.48. The smallest absolute Gasteiger partial charge is 0.326 e. The van der Waals surface area contributed by atoms with E-state index >= 15 is 0 Å². The van der Waals surface area contributed by atoms with Crippen LogP contribution in [0.15, 0.2) is 43.0 Å². The number of hydrogen-bond donors (Lipinski definition) is 7. The Balaban J connectivity index is 1.70. The molecule has 8 N–H and O–H groups in total. The lowest BCUT2D eigenvalue weighted by Crippen LogP contribution is -2.57. The number of carbonyl (C=O) groups is 4. The van der Waals surface area contributed by atoms with E-state index in [1.807, 2.05) is 44.4 Å². The van der Waals surface area contributed by atoms with Crippen LogP contribution in [0.5, 0.6) is 0 Å². The van der Waals surface area contributed by atoms with Gasteiger partial charge in [0.15, 0.2) is 0 Å². The Morgan fingerprint density at radius 1 is 0.976 bits per heavy atom. The number of para-hydroxylation sites is 1. The number of hydrogen-bond acceptors (Lipinski definition) is 7. The zero-order valence-corrected chi connectivity index (χ0v) is 24.3. The number of H-pyrrole nitrogens is 2. The molecule has 2 heterocycles. The molecular weight excluding hydrogens is 546 g/mol. The maximum atomic E-state index is 13.4. The number of thioether (sulfide) groups is 1. The van der Waals surface area contributed by atoms with E-state index in [0.717, 1.165) is 16.5 Å². The van der Waals surface area contributed by atoms with Gasteiger partial charge in [-0.3, -0.25) is 14.4 Å². The van der Waals surface area contributed by atoms with Crippen LogP contribution in [0.2, 0.25) is 0 Å². The van der Waals surface area contributed by atoms with E-state index in [-0.39, 0.29) is 25.2 Å². The fourth-order valence-corrected chi connectivity index (χ4v) is 4.95. The number of nitrogens with two attached hydrogens (primary N) is 1. The van der Waals surface area contributed by atoms with E-state index in [4.69, 9.17) is 5.73 Å². The largest absolute Gasteiger partial charge is 0.480 e. The number of carbonyl (C=O) groups excluding carboxylic acids is 3. The van der Waals surface area contributed by atoms with Crippen LogP contribution in [0, 0.1) is 5.92 Å². The van der Waals surface area contributed by atoms with Gasteiger partial charge in [-0.1, -0.05) is 32.0 Å². The Kier molecular flexibility index (Phi) is 11.8. The van der Waals surface area contributed by atoms with Crippen molar-refractivity contribution in [2.45, 2.75) is 63.7 Å². The molecule has 0 saturated carbocycles. The number of nitrogens with one attached hydrogen (secondary N) is 5. The lowest BCUT2D eigenvalue weighted by Gasteiger charge is -2.26. The van der Waals surface area contributed by atoms with E-state index < -0.39 is 47.9 Å². The molecular formula is C28H39N7O5S. The van der Waals surface area contributed by atoms with Gasteiger partial charge in [-0.15, -0.1) is 0 Å². The molecule has 0 saturated heterocycles. The quantitative estimate of drug-likeness (QED) is 0.131. The predicted molar refractivity (Wildman–Crippen MR) is 158 cm³/mol. The molecule has 0 aliphatic rings. The lowest BCUT2D eigenvalue weighted by molar-refractivity contribution is -0.142. The summed E-state index contributed by atoms with van der Waals surface area (Å²) in [6, 6.07) is 3.46. The van der Waals surface area contributed by atoms with Crippen LogP contribution in [0.25, 0.3) is 10.9 Å². The first-order chi connectivity index (χ1) is 19.6. The topological polar surface area (TPSA) is 195 Å². The van der Waals surface area contributed by atoms with Gasteiger partial charge in [0.05, 0.1) is 12.4 Å². The molecule has 12 nitrogen and oxygen atoms in total. The zero-order chi connectivity index (χ0) is 29.9. The molecule has 1 aromatic carbocycles. The summed E-state index contributed by atoms with van der Waals surface area (Å²) >= 11 is 1.49. The minimum absolute atomic E-state index is 0.0564. The van der Waals surface area contributed by atoms with E-state index in [0.29, 0.717) is 17.9 Å². The van der Waals surface area contributed by atoms with Crippen molar-refractivity contribution >= 4 is 46.4 Å². The minimum atomic E-state index is -1.21. The van der Waals surface area contributed by atoms with Crippen molar-refractivity contribution in [3.8, 4) is 0 Å². The van der Waals surface area contributed by atoms with Crippen molar-refractivity contribution in [2.75, 3.05) is 12.0 Å². The third-order valence-corrected chi connectivity index (χ3v) is 7.27. The first-order valence-corrected chi connectivity index (χ1v) is 14.9. The van der Waals surface area contributed by atoms with Gasteiger partial charge in [0.1, 0.15) is 18.1 Å². The summed E-state index contributed by atoms with van der Waals surface area (Å²) in [6.07, 6.45) is 7.55. The van der Waals surface area contributed by atoms with Gasteiger partial charge in [0, 0.05) is 41.8 Å². The molecule has 3 aromatic rings. The highest BCUT2D eigenvalue weighted by Crippen LogP contribution is 2.19. The molecule has 0 aliphatic heterocycles. The van der Waals surface area contributed by atoms with E-state index in [1.54, 1.807) is 12.4 Å². The van der Waals surface area contributed by atoms with E-state index in [1.165, 1.54) is 18.1 Å². The monoisotopic (exact) mass is 585 g/mol. The van der Waals surface area contributed by atoms with E-state index in [9.17, 15) is 24.3 Å². The molecule has 13 heteroatoms. The second kappa shape index (κ2) is 15.2. The summed E-state index contributed by atoms with van der Waals surface area (Å²) in [7, 11) is 0. The average molecular weight is 586 g/mol. The van der Waals surface area contributed by atoms with Crippen molar-refractivity contribution in [1.29, 1.82) is 0 Å². The van der Waals surface area contributed by atoms with Gasteiger partial charge in [-0.05, 0) is 42.4 Å². The molecule has 4 unspecified atom stereocenters. The first-order valence-electron chi connectivity index (χ1n) is 13.5. The molecule has 0 bridgehead atoms. The Hall–Kier alpha value is -3.84. The number of carboxylic acid groups (broad SMARTS) is 1. The summed E-state index contributed by atoms with van der Waals surface area (Å²) < 4.78 is 0. The number of rotatable bonds is 16. The standard InChI is InChI=1S/C28H39N7O5S/c1-16(2)10-23(34-25(36)20(29)12-18-14-30-15-32-18)27(38)33-22(8-9-41-3)26(37)35-24(28(39)40)11-17-13-31-21-7-5-4-6-19(17)21/h4-7,13-16,20,22-24,31H,8-12,29H2,1-3H3,(H,30,32)(H,33,38)(H,34,36)(H,35,37)(H,39,40). The average Bonchev–Trinajstić information content (AvgIpc) is 3.59. The number of nitrogens with zero attached hydrogens (tertiary/aromatic N) is 1. The maximum Gasteiger partial charge on any atom is 0.326 e. The normalized spacial score (nSPS) is 14.3. The van der Waals surface area contributed by atoms with Gasteiger partial charge in [-0.25, -0.2) is 9.78 Å². The van der Waals surface area contributed by atoms with Crippen molar-refractivity contribution in [3.05, 3.63) is 54.2 Å². The Morgan fingerprint density at radius 3 is 2.32 bits per heavy atom. The van der Waals surface area contributed by atoms with Crippen LogP contribution in [0.1, 0.15) is 37.9 Å². The summed E-state index contributed by atoms with van der Waals surface area (Å²) in [6.45, 7) is 3.83. The number of benzene rings is 1. The Bertz CT molecular complexity index is 1310. The number of carboxylic acids is 1. The van der Waals surface area contributed by atoms with Gasteiger partial charge >= 0.3 is 5.97 Å². The molecule has 4 atom stereocenters. The predicted octanol–water partition coefficient (Wildman–Crippen LogP) is 1.34. The van der Waals surface area contributed by atoms with Crippen LogP contribution in [0.3, 0.4) is 0 Å². The number of fused-ring (bicyclic) bond motifs is 1.